The summed E-state index contributed by atoms with van der Waals surface area (Å²) >= 11 is 0. The number of aromatic nitrogens is 2. The first-order chi connectivity index (χ1) is 5.12. The van der Waals surface area contributed by atoms with Crippen LogP contribution in [0.5, 0.6) is 0 Å². The lowest BCUT2D eigenvalue weighted by Crippen LogP contribution is -2.05. The van der Waals surface area contributed by atoms with E-state index in [-0.39, 0.29) is 5.60 Å². The zero-order chi connectivity index (χ0) is 8.06. The summed E-state index contributed by atoms with van der Waals surface area (Å²) in [6, 6.07) is 0. The SMILES string of the molecule is Cc1cn(C)nc1C1(C)CO1. The maximum atomic E-state index is 5.30. The van der Waals surface area contributed by atoms with Crippen molar-refractivity contribution in [3.63, 3.8) is 0 Å². The second kappa shape index (κ2) is 1.85. The predicted octanol–water partition coefficient (Wildman–Crippen LogP) is 0.974. The van der Waals surface area contributed by atoms with E-state index in [2.05, 4.69) is 18.9 Å². The fourth-order valence-electron chi connectivity index (χ4n) is 1.37. The summed E-state index contributed by atoms with van der Waals surface area (Å²) in [6.45, 7) is 4.95. The largest absolute Gasteiger partial charge is 0.363 e. The van der Waals surface area contributed by atoms with Gasteiger partial charge in [0.15, 0.2) is 0 Å². The number of rotatable bonds is 1. The summed E-state index contributed by atoms with van der Waals surface area (Å²) < 4.78 is 7.13. The predicted molar refractivity (Wildman–Crippen MR) is 41.2 cm³/mol. The second-order valence-electron chi connectivity index (χ2n) is 3.35. The van der Waals surface area contributed by atoms with Gasteiger partial charge in [0.05, 0.1) is 12.3 Å². The Morgan fingerprint density at radius 2 is 2.36 bits per heavy atom. The molecular formula is C8H12N2O. The van der Waals surface area contributed by atoms with E-state index in [1.165, 1.54) is 5.56 Å². The number of aryl methyl sites for hydroxylation is 2. The standard InChI is InChI=1S/C8H12N2O/c1-6-4-10(3)9-7(6)8(2)5-11-8/h4H,5H2,1-3H3. The van der Waals surface area contributed by atoms with Crippen molar-refractivity contribution < 1.29 is 4.74 Å². The van der Waals surface area contributed by atoms with Crippen LogP contribution in [0, 0.1) is 6.92 Å². The monoisotopic (exact) mass is 152 g/mol. The van der Waals surface area contributed by atoms with Crippen LogP contribution in [-0.4, -0.2) is 16.4 Å². The lowest BCUT2D eigenvalue weighted by molar-refractivity contribution is 0.321. The third kappa shape index (κ3) is 0.959. The smallest absolute Gasteiger partial charge is 0.133 e. The molecule has 1 aliphatic heterocycles. The Labute approximate surface area is 66.0 Å². The molecule has 2 heterocycles. The number of ether oxygens (including phenoxy) is 1. The van der Waals surface area contributed by atoms with E-state index in [0.29, 0.717) is 0 Å². The molecule has 1 aromatic rings. The van der Waals surface area contributed by atoms with Gasteiger partial charge in [0.1, 0.15) is 5.60 Å². The number of epoxide rings is 1. The van der Waals surface area contributed by atoms with Crippen LogP contribution in [-0.2, 0) is 17.4 Å². The Morgan fingerprint density at radius 3 is 2.73 bits per heavy atom. The molecule has 0 saturated carbocycles. The minimum Gasteiger partial charge on any atom is -0.363 e. The van der Waals surface area contributed by atoms with E-state index in [1.807, 2.05) is 17.9 Å². The van der Waals surface area contributed by atoms with Gasteiger partial charge in [-0.3, -0.25) is 4.68 Å². The van der Waals surface area contributed by atoms with Crippen LogP contribution in [0.15, 0.2) is 6.20 Å². The normalized spacial score (nSPS) is 29.0. The van der Waals surface area contributed by atoms with E-state index in [9.17, 15) is 0 Å². The van der Waals surface area contributed by atoms with Crippen LogP contribution < -0.4 is 0 Å². The number of hydrogen-bond acceptors (Lipinski definition) is 2. The van der Waals surface area contributed by atoms with E-state index < -0.39 is 0 Å². The topological polar surface area (TPSA) is 30.4 Å². The van der Waals surface area contributed by atoms with Gasteiger partial charge in [-0.25, -0.2) is 0 Å². The zero-order valence-corrected chi connectivity index (χ0v) is 7.09. The van der Waals surface area contributed by atoms with Gasteiger partial charge in [-0.05, 0) is 19.4 Å². The van der Waals surface area contributed by atoms with Crippen molar-refractivity contribution in [1.82, 2.24) is 9.78 Å². The molecule has 0 aromatic carbocycles. The quantitative estimate of drug-likeness (QED) is 0.561. The first-order valence-corrected chi connectivity index (χ1v) is 3.76. The molecule has 2 rings (SSSR count). The Morgan fingerprint density at radius 1 is 1.73 bits per heavy atom. The van der Waals surface area contributed by atoms with Crippen LogP contribution >= 0.6 is 0 Å². The van der Waals surface area contributed by atoms with Crippen LogP contribution in [0.25, 0.3) is 0 Å². The Kier molecular flexibility index (Phi) is 1.16. The number of nitrogens with zero attached hydrogens (tertiary/aromatic N) is 2. The highest BCUT2D eigenvalue weighted by Gasteiger charge is 2.44. The Balaban J connectivity index is 2.44. The van der Waals surface area contributed by atoms with Crippen molar-refractivity contribution in [1.29, 1.82) is 0 Å². The second-order valence-corrected chi connectivity index (χ2v) is 3.35. The van der Waals surface area contributed by atoms with E-state index in [4.69, 9.17) is 4.74 Å². The molecule has 0 amide bonds. The first kappa shape index (κ1) is 6.85. The molecule has 1 aliphatic rings. The van der Waals surface area contributed by atoms with Gasteiger partial charge in [-0.1, -0.05) is 0 Å². The summed E-state index contributed by atoms with van der Waals surface area (Å²) in [4.78, 5) is 0. The fourth-order valence-corrected chi connectivity index (χ4v) is 1.37. The minimum atomic E-state index is -0.0780. The maximum Gasteiger partial charge on any atom is 0.133 e. The third-order valence-electron chi connectivity index (χ3n) is 2.09. The van der Waals surface area contributed by atoms with Crippen molar-refractivity contribution in [2.45, 2.75) is 19.4 Å². The molecule has 1 saturated heterocycles. The van der Waals surface area contributed by atoms with Crippen LogP contribution in [0.3, 0.4) is 0 Å². The highest BCUT2D eigenvalue weighted by atomic mass is 16.6. The van der Waals surface area contributed by atoms with Crippen molar-refractivity contribution in [2.24, 2.45) is 7.05 Å². The van der Waals surface area contributed by atoms with Crippen LogP contribution in [0.1, 0.15) is 18.2 Å². The molecule has 0 N–H and O–H groups in total. The fraction of sp³-hybridized carbons (Fsp3) is 0.625. The number of hydrogen-bond donors (Lipinski definition) is 0. The van der Waals surface area contributed by atoms with E-state index in [0.717, 1.165) is 12.3 Å². The molecule has 0 radical (unpaired) electrons. The first-order valence-electron chi connectivity index (χ1n) is 3.76. The molecule has 0 spiro atoms. The summed E-state index contributed by atoms with van der Waals surface area (Å²) in [5, 5.41) is 4.34. The summed E-state index contributed by atoms with van der Waals surface area (Å²) in [6.07, 6.45) is 2.02. The molecule has 1 aromatic heterocycles. The van der Waals surface area contributed by atoms with Crippen molar-refractivity contribution in [3.8, 4) is 0 Å². The maximum absolute atomic E-state index is 5.30. The molecule has 11 heavy (non-hydrogen) atoms. The average Bonchev–Trinajstić information content (AvgIpc) is 2.55. The molecule has 1 fully saturated rings. The van der Waals surface area contributed by atoms with E-state index >= 15 is 0 Å². The van der Waals surface area contributed by atoms with Crippen LogP contribution in [0.4, 0.5) is 0 Å². The van der Waals surface area contributed by atoms with Crippen LogP contribution in [0.2, 0.25) is 0 Å². The average molecular weight is 152 g/mol. The van der Waals surface area contributed by atoms with Gasteiger partial charge >= 0.3 is 0 Å². The van der Waals surface area contributed by atoms with Gasteiger partial charge < -0.3 is 4.74 Å². The van der Waals surface area contributed by atoms with E-state index in [1.54, 1.807) is 0 Å². The third-order valence-corrected chi connectivity index (χ3v) is 2.09. The minimum absolute atomic E-state index is 0.0780. The highest BCUT2D eigenvalue weighted by Crippen LogP contribution is 2.38. The Hall–Kier alpha value is -0.830. The lowest BCUT2D eigenvalue weighted by Gasteiger charge is -1.99. The molecule has 0 bridgehead atoms. The van der Waals surface area contributed by atoms with Crippen molar-refractivity contribution in [3.05, 3.63) is 17.5 Å². The summed E-state index contributed by atoms with van der Waals surface area (Å²) in [7, 11) is 1.93. The molecule has 60 valence electrons. The zero-order valence-electron chi connectivity index (χ0n) is 7.09. The molecule has 3 heteroatoms. The highest BCUT2D eigenvalue weighted by molar-refractivity contribution is 5.24. The van der Waals surface area contributed by atoms with Gasteiger partial charge in [0.25, 0.3) is 0 Å². The lowest BCUT2D eigenvalue weighted by atomic mass is 10.1. The molecule has 0 aliphatic carbocycles. The molecule has 3 nitrogen and oxygen atoms in total. The van der Waals surface area contributed by atoms with Crippen molar-refractivity contribution >= 4 is 0 Å². The van der Waals surface area contributed by atoms with Crippen molar-refractivity contribution in [2.75, 3.05) is 6.61 Å². The van der Waals surface area contributed by atoms with Gasteiger partial charge in [0.2, 0.25) is 0 Å². The Bertz CT molecular complexity index is 286. The summed E-state index contributed by atoms with van der Waals surface area (Å²) in [5.74, 6) is 0. The molecular weight excluding hydrogens is 140 g/mol. The van der Waals surface area contributed by atoms with Gasteiger partial charge in [0, 0.05) is 13.2 Å². The summed E-state index contributed by atoms with van der Waals surface area (Å²) in [5.41, 5.74) is 2.22. The van der Waals surface area contributed by atoms with Gasteiger partial charge in [-0.2, -0.15) is 5.10 Å². The van der Waals surface area contributed by atoms with Gasteiger partial charge in [-0.15, -0.1) is 0 Å². The molecule has 1 unspecified atom stereocenters. The molecule has 1 atom stereocenters.